The van der Waals surface area contributed by atoms with Crippen LogP contribution >= 0.6 is 0 Å². The average Bonchev–Trinajstić information content (AvgIpc) is 2.44. The van der Waals surface area contributed by atoms with Gasteiger partial charge in [-0.05, 0) is 56.4 Å². The van der Waals surface area contributed by atoms with Crippen LogP contribution in [0.3, 0.4) is 0 Å². The fourth-order valence-electron chi connectivity index (χ4n) is 4.87. The van der Waals surface area contributed by atoms with E-state index in [-0.39, 0.29) is 0 Å². The predicted octanol–water partition coefficient (Wildman–Crippen LogP) is 5.01. The molecule has 2 saturated carbocycles. The monoisotopic (exact) mass is 265 g/mol. The van der Waals surface area contributed by atoms with Crippen LogP contribution < -0.4 is 5.32 Å². The van der Waals surface area contributed by atoms with Crippen LogP contribution in [-0.2, 0) is 0 Å². The van der Waals surface area contributed by atoms with Crippen molar-refractivity contribution >= 4 is 0 Å². The van der Waals surface area contributed by atoms with Gasteiger partial charge >= 0.3 is 0 Å². The Morgan fingerprint density at radius 3 is 2.47 bits per heavy atom. The Labute approximate surface area is 120 Å². The minimum absolute atomic E-state index is 0.782. The molecule has 2 rings (SSSR count). The van der Waals surface area contributed by atoms with Gasteiger partial charge in [0.05, 0.1) is 0 Å². The molecule has 1 heteroatoms. The number of hydrogen-bond acceptors (Lipinski definition) is 1. The van der Waals surface area contributed by atoms with E-state index in [1.807, 2.05) is 0 Å². The van der Waals surface area contributed by atoms with Crippen LogP contribution in [0.2, 0.25) is 0 Å². The van der Waals surface area contributed by atoms with Gasteiger partial charge in [-0.1, -0.05) is 52.4 Å². The molecule has 5 unspecified atom stereocenters. The second-order valence-electron chi connectivity index (χ2n) is 7.40. The minimum atomic E-state index is 0.782. The Balaban J connectivity index is 1.85. The van der Waals surface area contributed by atoms with E-state index in [2.05, 4.69) is 26.2 Å². The van der Waals surface area contributed by atoms with Crippen molar-refractivity contribution in [2.45, 2.75) is 84.1 Å². The number of nitrogens with one attached hydrogen (secondary N) is 1. The lowest BCUT2D eigenvalue weighted by Gasteiger charge is -2.42. The van der Waals surface area contributed by atoms with Crippen molar-refractivity contribution in [1.82, 2.24) is 5.32 Å². The molecule has 1 nitrogen and oxygen atoms in total. The third-order valence-electron chi connectivity index (χ3n) is 5.96. The number of rotatable bonds is 6. The van der Waals surface area contributed by atoms with Gasteiger partial charge < -0.3 is 5.32 Å². The highest BCUT2D eigenvalue weighted by Crippen LogP contribution is 2.44. The van der Waals surface area contributed by atoms with Gasteiger partial charge in [0.1, 0.15) is 0 Å². The first-order valence-corrected chi connectivity index (χ1v) is 8.91. The van der Waals surface area contributed by atoms with Crippen LogP contribution in [0.15, 0.2) is 0 Å². The smallest absolute Gasteiger partial charge is 0.00949 e. The third-order valence-corrected chi connectivity index (χ3v) is 5.96. The molecule has 0 heterocycles. The van der Waals surface area contributed by atoms with E-state index in [0.717, 1.165) is 29.7 Å². The predicted molar refractivity (Wildman–Crippen MR) is 84.3 cm³/mol. The minimum Gasteiger partial charge on any atom is -0.317 e. The number of fused-ring (bicyclic) bond motifs is 1. The largest absolute Gasteiger partial charge is 0.317 e. The van der Waals surface area contributed by atoms with Crippen LogP contribution in [0, 0.1) is 23.7 Å². The van der Waals surface area contributed by atoms with Crippen molar-refractivity contribution in [3.8, 4) is 0 Å². The molecular formula is C18H35N. The lowest BCUT2D eigenvalue weighted by molar-refractivity contribution is 0.105. The molecule has 1 N–H and O–H groups in total. The van der Waals surface area contributed by atoms with Crippen LogP contribution in [0.4, 0.5) is 0 Å². The highest BCUT2D eigenvalue weighted by atomic mass is 14.9. The van der Waals surface area contributed by atoms with E-state index in [4.69, 9.17) is 0 Å². The average molecular weight is 265 g/mol. The van der Waals surface area contributed by atoms with Crippen molar-refractivity contribution in [3.63, 3.8) is 0 Å². The summed E-state index contributed by atoms with van der Waals surface area (Å²) in [5.41, 5.74) is 0. The maximum atomic E-state index is 3.66. The zero-order chi connectivity index (χ0) is 13.7. The van der Waals surface area contributed by atoms with Gasteiger partial charge in [0.2, 0.25) is 0 Å². The van der Waals surface area contributed by atoms with Gasteiger partial charge in [0.25, 0.3) is 0 Å². The summed E-state index contributed by atoms with van der Waals surface area (Å²) in [7, 11) is 2.19. The Morgan fingerprint density at radius 1 is 1.05 bits per heavy atom. The van der Waals surface area contributed by atoms with Crippen molar-refractivity contribution in [1.29, 1.82) is 0 Å². The van der Waals surface area contributed by atoms with Gasteiger partial charge in [-0.15, -0.1) is 0 Å². The van der Waals surface area contributed by atoms with Crippen molar-refractivity contribution in [2.75, 3.05) is 7.05 Å². The summed E-state index contributed by atoms with van der Waals surface area (Å²) in [5.74, 6) is 4.02. The molecule has 112 valence electrons. The maximum absolute atomic E-state index is 3.66. The first kappa shape index (κ1) is 15.4. The summed E-state index contributed by atoms with van der Waals surface area (Å²) in [5, 5.41) is 3.66. The first-order valence-electron chi connectivity index (χ1n) is 8.91. The van der Waals surface area contributed by atoms with Crippen molar-refractivity contribution in [3.05, 3.63) is 0 Å². The maximum Gasteiger partial charge on any atom is 0.00949 e. The van der Waals surface area contributed by atoms with Gasteiger partial charge in [0.15, 0.2) is 0 Å². The van der Waals surface area contributed by atoms with E-state index in [9.17, 15) is 0 Å². The topological polar surface area (TPSA) is 12.0 Å². The Bertz CT molecular complexity index is 250. The molecule has 0 radical (unpaired) electrons. The van der Waals surface area contributed by atoms with Crippen LogP contribution in [0.5, 0.6) is 0 Å². The van der Waals surface area contributed by atoms with Gasteiger partial charge in [0, 0.05) is 6.04 Å². The summed E-state index contributed by atoms with van der Waals surface area (Å²) >= 11 is 0. The molecule has 0 aliphatic heterocycles. The molecule has 0 saturated heterocycles. The van der Waals surface area contributed by atoms with Gasteiger partial charge in [-0.3, -0.25) is 0 Å². The van der Waals surface area contributed by atoms with Gasteiger partial charge in [-0.25, -0.2) is 0 Å². The first-order chi connectivity index (χ1) is 9.24. The van der Waals surface area contributed by atoms with E-state index in [1.165, 1.54) is 64.2 Å². The zero-order valence-electron chi connectivity index (χ0n) is 13.5. The van der Waals surface area contributed by atoms with E-state index < -0.39 is 0 Å². The lowest BCUT2D eigenvalue weighted by Crippen LogP contribution is -2.40. The highest BCUT2D eigenvalue weighted by molar-refractivity contribution is 4.88. The molecule has 2 aliphatic rings. The normalized spacial score (nSPS) is 34.6. The Hall–Kier alpha value is -0.0400. The summed E-state index contributed by atoms with van der Waals surface area (Å²) in [4.78, 5) is 0. The van der Waals surface area contributed by atoms with Crippen LogP contribution in [-0.4, -0.2) is 13.1 Å². The summed E-state index contributed by atoms with van der Waals surface area (Å²) in [6.07, 6.45) is 14.8. The molecule has 0 aromatic rings. The molecular weight excluding hydrogens is 230 g/mol. The molecule has 19 heavy (non-hydrogen) atoms. The molecule has 0 amide bonds. The van der Waals surface area contributed by atoms with Crippen molar-refractivity contribution < 1.29 is 0 Å². The standard InChI is InChI=1S/C18H35N/c1-4-7-14(2)12-18(19-3)17-11-10-15-8-5-6-9-16(15)13-17/h14-19H,4-13H2,1-3H3. The Kier molecular flexibility index (Phi) is 6.19. The fourth-order valence-corrected chi connectivity index (χ4v) is 4.87. The zero-order valence-corrected chi connectivity index (χ0v) is 13.5. The molecule has 5 atom stereocenters. The quantitative estimate of drug-likeness (QED) is 0.712. The van der Waals surface area contributed by atoms with Crippen molar-refractivity contribution in [2.24, 2.45) is 23.7 Å². The Morgan fingerprint density at radius 2 is 1.79 bits per heavy atom. The molecule has 2 fully saturated rings. The fraction of sp³-hybridized carbons (Fsp3) is 1.00. The SMILES string of the molecule is CCCC(C)CC(NC)C1CCC2CCCCC2C1. The molecule has 0 aromatic carbocycles. The third kappa shape index (κ3) is 4.21. The summed E-state index contributed by atoms with van der Waals surface area (Å²) in [6, 6.07) is 0.782. The van der Waals surface area contributed by atoms with Crippen LogP contribution in [0.25, 0.3) is 0 Å². The second kappa shape index (κ2) is 7.67. The molecule has 2 aliphatic carbocycles. The molecule has 0 aromatic heterocycles. The summed E-state index contributed by atoms with van der Waals surface area (Å²) in [6.45, 7) is 4.76. The lowest BCUT2D eigenvalue weighted by atomic mass is 9.65. The second-order valence-corrected chi connectivity index (χ2v) is 7.40. The summed E-state index contributed by atoms with van der Waals surface area (Å²) < 4.78 is 0. The van der Waals surface area contributed by atoms with E-state index in [0.29, 0.717) is 0 Å². The highest BCUT2D eigenvalue weighted by Gasteiger charge is 2.35. The molecule has 0 bridgehead atoms. The van der Waals surface area contributed by atoms with Gasteiger partial charge in [-0.2, -0.15) is 0 Å². The molecule has 0 spiro atoms. The van der Waals surface area contributed by atoms with Crippen LogP contribution in [0.1, 0.15) is 78.1 Å². The van der Waals surface area contributed by atoms with E-state index >= 15 is 0 Å². The number of hydrogen-bond donors (Lipinski definition) is 1. The van der Waals surface area contributed by atoms with E-state index in [1.54, 1.807) is 0 Å².